The van der Waals surface area contributed by atoms with Gasteiger partial charge < -0.3 is 10.4 Å². The number of rotatable bonds is 7. The largest absolute Gasteiger partial charge is 0.476 e. The van der Waals surface area contributed by atoms with Gasteiger partial charge in [0.15, 0.2) is 0 Å². The fourth-order valence-electron chi connectivity index (χ4n) is 1.31. The highest BCUT2D eigenvalue weighted by atomic mass is 16.4. The minimum atomic E-state index is -1.36. The summed E-state index contributed by atoms with van der Waals surface area (Å²) >= 11 is 0. The van der Waals surface area contributed by atoms with Gasteiger partial charge in [-0.25, -0.2) is 4.79 Å². The lowest BCUT2D eigenvalue weighted by molar-refractivity contribution is -0.149. The maximum atomic E-state index is 10.7. The highest BCUT2D eigenvalue weighted by Gasteiger charge is 2.09. The first kappa shape index (κ1) is 12.4. The van der Waals surface area contributed by atoms with Crippen molar-refractivity contribution in [2.75, 3.05) is 13.1 Å². The minimum absolute atomic E-state index is 0.0458. The van der Waals surface area contributed by atoms with Gasteiger partial charge in [0.2, 0.25) is 5.78 Å². The van der Waals surface area contributed by atoms with E-state index in [1.807, 2.05) is 30.3 Å². The van der Waals surface area contributed by atoms with Crippen molar-refractivity contribution in [3.8, 4) is 0 Å². The van der Waals surface area contributed by atoms with Crippen molar-refractivity contribution in [3.63, 3.8) is 0 Å². The molecule has 1 rings (SSSR count). The number of carboxylic acids is 1. The molecule has 2 N–H and O–H groups in total. The van der Waals surface area contributed by atoms with Gasteiger partial charge in [0.25, 0.3) is 0 Å². The molecular weight excluding hydrogens is 206 g/mol. The molecule has 0 bridgehead atoms. The number of hydrogen-bond acceptors (Lipinski definition) is 3. The van der Waals surface area contributed by atoms with Gasteiger partial charge in [-0.3, -0.25) is 4.79 Å². The van der Waals surface area contributed by atoms with Crippen LogP contribution < -0.4 is 5.32 Å². The fraction of sp³-hybridized carbons (Fsp3) is 0.333. The molecule has 1 aromatic rings. The normalized spacial score (nSPS) is 10.0. The zero-order valence-electron chi connectivity index (χ0n) is 8.98. The van der Waals surface area contributed by atoms with E-state index in [9.17, 15) is 9.59 Å². The summed E-state index contributed by atoms with van der Waals surface area (Å²) in [6.07, 6.45) is 0.923. The second kappa shape index (κ2) is 6.74. The van der Waals surface area contributed by atoms with E-state index in [2.05, 4.69) is 5.32 Å². The summed E-state index contributed by atoms with van der Waals surface area (Å²) in [5, 5.41) is 11.4. The Labute approximate surface area is 94.3 Å². The topological polar surface area (TPSA) is 66.4 Å². The molecule has 1 aromatic carbocycles. The van der Waals surface area contributed by atoms with Gasteiger partial charge >= 0.3 is 5.97 Å². The maximum absolute atomic E-state index is 10.7. The molecule has 0 aromatic heterocycles. The Morgan fingerprint density at radius 2 is 1.81 bits per heavy atom. The van der Waals surface area contributed by atoms with E-state index in [1.165, 1.54) is 5.56 Å². The third-order valence-electron chi connectivity index (χ3n) is 2.20. The predicted molar refractivity (Wildman–Crippen MR) is 60.3 cm³/mol. The van der Waals surface area contributed by atoms with Crippen LogP contribution in [0.1, 0.15) is 12.0 Å². The van der Waals surface area contributed by atoms with Crippen LogP contribution in [0, 0.1) is 0 Å². The van der Waals surface area contributed by atoms with E-state index >= 15 is 0 Å². The Morgan fingerprint density at radius 1 is 1.12 bits per heavy atom. The van der Waals surface area contributed by atoms with E-state index < -0.39 is 11.8 Å². The van der Waals surface area contributed by atoms with Crippen LogP contribution in [0.15, 0.2) is 30.3 Å². The average molecular weight is 221 g/mol. The minimum Gasteiger partial charge on any atom is -0.476 e. The van der Waals surface area contributed by atoms with E-state index in [1.54, 1.807) is 0 Å². The number of Topliss-reactive ketones (excluding diaryl/α,β-unsaturated/α-hetero) is 1. The van der Waals surface area contributed by atoms with Crippen molar-refractivity contribution in [3.05, 3.63) is 35.9 Å². The first-order valence-corrected chi connectivity index (χ1v) is 5.21. The van der Waals surface area contributed by atoms with Crippen molar-refractivity contribution < 1.29 is 14.7 Å². The van der Waals surface area contributed by atoms with Gasteiger partial charge in [-0.15, -0.1) is 0 Å². The Kier molecular flexibility index (Phi) is 5.22. The van der Waals surface area contributed by atoms with E-state index in [4.69, 9.17) is 5.11 Å². The smallest absolute Gasteiger partial charge is 0.372 e. The second-order valence-electron chi connectivity index (χ2n) is 3.46. The average Bonchev–Trinajstić information content (AvgIpc) is 2.29. The van der Waals surface area contributed by atoms with Crippen LogP contribution >= 0.6 is 0 Å². The standard InChI is InChI=1S/C12H15NO3/c14-11(12(15)16)7-9-13-8-6-10-4-2-1-3-5-10/h1-5,13H,6-9H2,(H,15,16). The predicted octanol–water partition coefficient (Wildman–Crippen LogP) is 0.862. The molecule has 0 radical (unpaired) electrons. The molecule has 86 valence electrons. The molecule has 0 amide bonds. The molecular formula is C12H15NO3. The lowest BCUT2D eigenvalue weighted by Crippen LogP contribution is -2.23. The van der Waals surface area contributed by atoms with Crippen molar-refractivity contribution in [1.29, 1.82) is 0 Å². The molecule has 0 spiro atoms. The number of carbonyl (C=O) groups excluding carboxylic acids is 1. The molecule has 0 saturated carbocycles. The third kappa shape index (κ3) is 4.70. The Hall–Kier alpha value is -1.68. The van der Waals surface area contributed by atoms with E-state index in [0.29, 0.717) is 6.54 Å². The lowest BCUT2D eigenvalue weighted by atomic mass is 10.1. The Morgan fingerprint density at radius 3 is 2.44 bits per heavy atom. The summed E-state index contributed by atoms with van der Waals surface area (Å²) in [5.74, 6) is -2.10. The van der Waals surface area contributed by atoms with Crippen LogP contribution in [0.2, 0.25) is 0 Å². The van der Waals surface area contributed by atoms with Crippen molar-refractivity contribution in [2.45, 2.75) is 12.8 Å². The molecule has 0 fully saturated rings. The Bertz CT molecular complexity index is 349. The summed E-state index contributed by atoms with van der Waals surface area (Å²) in [5.41, 5.74) is 1.22. The van der Waals surface area contributed by atoms with Gasteiger partial charge in [0, 0.05) is 13.0 Å². The van der Waals surface area contributed by atoms with Gasteiger partial charge in [0.1, 0.15) is 0 Å². The van der Waals surface area contributed by atoms with E-state index in [-0.39, 0.29) is 6.42 Å². The molecule has 0 saturated heterocycles. The first-order valence-electron chi connectivity index (χ1n) is 5.21. The van der Waals surface area contributed by atoms with Gasteiger partial charge in [-0.2, -0.15) is 0 Å². The van der Waals surface area contributed by atoms with Crippen LogP contribution in [-0.4, -0.2) is 29.9 Å². The summed E-state index contributed by atoms with van der Waals surface area (Å²) in [7, 11) is 0. The third-order valence-corrected chi connectivity index (χ3v) is 2.20. The lowest BCUT2D eigenvalue weighted by Gasteiger charge is -2.03. The van der Waals surface area contributed by atoms with Crippen LogP contribution in [0.5, 0.6) is 0 Å². The monoisotopic (exact) mass is 221 g/mol. The van der Waals surface area contributed by atoms with Gasteiger partial charge in [0.05, 0.1) is 0 Å². The molecule has 16 heavy (non-hydrogen) atoms. The molecule has 0 aliphatic heterocycles. The van der Waals surface area contributed by atoms with Crippen LogP contribution in [0.3, 0.4) is 0 Å². The number of hydrogen-bond donors (Lipinski definition) is 2. The summed E-state index contributed by atoms with van der Waals surface area (Å²) in [4.78, 5) is 20.9. The van der Waals surface area contributed by atoms with Crippen LogP contribution in [0.25, 0.3) is 0 Å². The Balaban J connectivity index is 2.09. The number of carbonyl (C=O) groups is 2. The molecule has 0 aliphatic carbocycles. The van der Waals surface area contributed by atoms with Crippen molar-refractivity contribution in [2.24, 2.45) is 0 Å². The molecule has 0 aliphatic rings. The highest BCUT2D eigenvalue weighted by molar-refractivity contribution is 6.32. The van der Waals surface area contributed by atoms with Gasteiger partial charge in [-0.05, 0) is 18.5 Å². The van der Waals surface area contributed by atoms with Crippen molar-refractivity contribution >= 4 is 11.8 Å². The van der Waals surface area contributed by atoms with Gasteiger partial charge in [-0.1, -0.05) is 30.3 Å². The zero-order chi connectivity index (χ0) is 11.8. The number of aliphatic carboxylic acids is 1. The summed E-state index contributed by atoms with van der Waals surface area (Å²) in [6.45, 7) is 1.16. The molecule has 0 atom stereocenters. The SMILES string of the molecule is O=C(O)C(=O)CCNCCc1ccccc1. The number of carboxylic acid groups (broad SMARTS) is 1. The summed E-state index contributed by atoms with van der Waals surface area (Å²) in [6, 6.07) is 9.98. The fourth-order valence-corrected chi connectivity index (χ4v) is 1.31. The molecule has 0 heterocycles. The first-order chi connectivity index (χ1) is 7.70. The molecule has 4 nitrogen and oxygen atoms in total. The zero-order valence-corrected chi connectivity index (χ0v) is 8.98. The summed E-state index contributed by atoms with van der Waals surface area (Å²) < 4.78 is 0. The van der Waals surface area contributed by atoms with Crippen LogP contribution in [0.4, 0.5) is 0 Å². The van der Waals surface area contributed by atoms with Crippen LogP contribution in [-0.2, 0) is 16.0 Å². The second-order valence-corrected chi connectivity index (χ2v) is 3.46. The highest BCUT2D eigenvalue weighted by Crippen LogP contribution is 1.97. The maximum Gasteiger partial charge on any atom is 0.372 e. The number of ketones is 1. The van der Waals surface area contributed by atoms with Crippen molar-refractivity contribution in [1.82, 2.24) is 5.32 Å². The van der Waals surface area contributed by atoms with E-state index in [0.717, 1.165) is 13.0 Å². The molecule has 0 unspecified atom stereocenters. The number of benzene rings is 1. The number of nitrogens with one attached hydrogen (secondary N) is 1. The molecule has 4 heteroatoms. The quantitative estimate of drug-likeness (QED) is 0.529.